The molecule has 0 saturated heterocycles. The quantitative estimate of drug-likeness (QED) is 0.323. The summed E-state index contributed by atoms with van der Waals surface area (Å²) in [5.74, 6) is -1.20. The Kier molecular flexibility index (Phi) is 5.18. The molecule has 0 aliphatic carbocycles. The Labute approximate surface area is 53.5 Å². The van der Waals surface area contributed by atoms with E-state index < -0.39 is 16.1 Å². The molecular formula is CH4LiO4S. The molecular weight excluding hydrogens is 115 g/mol. The van der Waals surface area contributed by atoms with Crippen molar-refractivity contribution in [3.05, 3.63) is 0 Å². The molecule has 0 saturated carbocycles. The van der Waals surface area contributed by atoms with Gasteiger partial charge in [-0.2, -0.15) is 8.42 Å². The van der Waals surface area contributed by atoms with Crippen LogP contribution in [0.2, 0.25) is 0 Å². The summed E-state index contributed by atoms with van der Waals surface area (Å²) in [6.07, 6.45) is 0. The van der Waals surface area contributed by atoms with E-state index in [2.05, 4.69) is 0 Å². The maximum atomic E-state index is 9.31. The topological polar surface area (TPSA) is 74.6 Å². The molecule has 1 radical (unpaired) electrons. The number of rotatable bonds is 1. The molecule has 0 atom stereocenters. The van der Waals surface area contributed by atoms with E-state index in [1.54, 1.807) is 0 Å². The molecule has 0 aliphatic rings. The van der Waals surface area contributed by atoms with Crippen LogP contribution in [0.1, 0.15) is 0 Å². The van der Waals surface area contributed by atoms with Gasteiger partial charge in [0, 0.05) is 18.9 Å². The molecule has 0 rings (SSSR count). The van der Waals surface area contributed by atoms with Gasteiger partial charge in [-0.3, -0.25) is 4.55 Å². The first kappa shape index (κ1) is 10.4. The Balaban J connectivity index is 0. The predicted molar refractivity (Wildman–Crippen MR) is 24.4 cm³/mol. The van der Waals surface area contributed by atoms with Crippen molar-refractivity contribution in [2.75, 3.05) is 5.94 Å². The van der Waals surface area contributed by atoms with Gasteiger partial charge in [0.15, 0.2) is 5.94 Å². The standard InChI is InChI=1S/CH4O4S.Li/c2-1-6(3,4)5;/h2H,1H2,(H,3,4,5);. The minimum atomic E-state index is -4.11. The van der Waals surface area contributed by atoms with Gasteiger partial charge in [0.05, 0.1) is 0 Å². The average Bonchev–Trinajstić information content (AvgIpc) is 1.35. The van der Waals surface area contributed by atoms with E-state index in [1.807, 2.05) is 0 Å². The molecule has 0 unspecified atom stereocenters. The van der Waals surface area contributed by atoms with Gasteiger partial charge in [0.2, 0.25) is 0 Å². The smallest absolute Gasteiger partial charge is 0.289 e. The fraction of sp³-hybridized carbons (Fsp3) is 1.00. The molecule has 6 heteroatoms. The van der Waals surface area contributed by atoms with Crippen molar-refractivity contribution in [1.82, 2.24) is 0 Å². The van der Waals surface area contributed by atoms with Crippen LogP contribution in [0, 0.1) is 0 Å². The van der Waals surface area contributed by atoms with E-state index in [0.29, 0.717) is 0 Å². The molecule has 0 aromatic carbocycles. The number of hydrogen-bond acceptors (Lipinski definition) is 3. The van der Waals surface area contributed by atoms with Gasteiger partial charge >= 0.3 is 0 Å². The number of aliphatic hydroxyl groups excluding tert-OH is 1. The first-order chi connectivity index (χ1) is 2.56. The third-order valence-electron chi connectivity index (χ3n) is 0.163. The minimum Gasteiger partial charge on any atom is -0.378 e. The summed E-state index contributed by atoms with van der Waals surface area (Å²) < 4.78 is 26.2. The molecule has 0 amide bonds. The van der Waals surface area contributed by atoms with Crippen LogP contribution in [0.5, 0.6) is 0 Å². The second kappa shape index (κ2) is 3.47. The summed E-state index contributed by atoms with van der Waals surface area (Å²) in [5, 5.41) is 7.56. The Hall–Kier alpha value is 0.467. The van der Waals surface area contributed by atoms with Crippen molar-refractivity contribution in [3.8, 4) is 0 Å². The molecule has 0 bridgehead atoms. The largest absolute Gasteiger partial charge is 0.378 e. The zero-order chi connectivity index (χ0) is 5.21. The van der Waals surface area contributed by atoms with Crippen LogP contribution >= 0.6 is 0 Å². The van der Waals surface area contributed by atoms with Crippen LogP contribution in [0.25, 0.3) is 0 Å². The van der Waals surface area contributed by atoms with E-state index >= 15 is 0 Å². The van der Waals surface area contributed by atoms with Crippen molar-refractivity contribution >= 4 is 29.0 Å². The molecule has 4 nitrogen and oxygen atoms in total. The van der Waals surface area contributed by atoms with Crippen molar-refractivity contribution in [2.24, 2.45) is 0 Å². The second-order valence-electron chi connectivity index (χ2n) is 0.711. The summed E-state index contributed by atoms with van der Waals surface area (Å²) >= 11 is 0. The van der Waals surface area contributed by atoms with Crippen molar-refractivity contribution < 1.29 is 18.1 Å². The zero-order valence-corrected chi connectivity index (χ0v) is 4.64. The van der Waals surface area contributed by atoms with Crippen LogP contribution in [-0.4, -0.2) is 42.9 Å². The molecule has 39 valence electrons. The third kappa shape index (κ3) is 10.7. The van der Waals surface area contributed by atoms with Gasteiger partial charge in [-0.05, 0) is 0 Å². The Bertz CT molecular complexity index is 114. The predicted octanol–water partition coefficient (Wildman–Crippen LogP) is -1.56. The summed E-state index contributed by atoms with van der Waals surface area (Å²) in [7, 11) is -4.11. The van der Waals surface area contributed by atoms with Gasteiger partial charge in [-0.15, -0.1) is 0 Å². The van der Waals surface area contributed by atoms with Crippen LogP contribution < -0.4 is 0 Å². The van der Waals surface area contributed by atoms with Crippen LogP contribution in [0.15, 0.2) is 0 Å². The average molecular weight is 119 g/mol. The second-order valence-corrected chi connectivity index (χ2v) is 2.13. The fourth-order valence-electron chi connectivity index (χ4n) is 0. The van der Waals surface area contributed by atoms with Gasteiger partial charge in [-0.1, -0.05) is 0 Å². The zero-order valence-electron chi connectivity index (χ0n) is 3.83. The summed E-state index contributed by atoms with van der Waals surface area (Å²) in [4.78, 5) is 0. The minimum absolute atomic E-state index is 0. The van der Waals surface area contributed by atoms with Gasteiger partial charge in [0.25, 0.3) is 10.1 Å². The normalized spacial score (nSPS) is 10.0. The summed E-state index contributed by atoms with van der Waals surface area (Å²) in [6.45, 7) is 0. The molecule has 0 heterocycles. The Morgan fingerprint density at radius 3 is 1.57 bits per heavy atom. The first-order valence-corrected chi connectivity index (χ1v) is 2.73. The van der Waals surface area contributed by atoms with E-state index in [9.17, 15) is 8.42 Å². The molecule has 0 fully saturated rings. The number of aliphatic hydroxyl groups is 1. The summed E-state index contributed by atoms with van der Waals surface area (Å²) in [5.41, 5.74) is 0. The SMILES string of the molecule is O=S(=O)(O)CO.[Li]. The van der Waals surface area contributed by atoms with Crippen LogP contribution in [0.4, 0.5) is 0 Å². The fourth-order valence-corrected chi connectivity index (χ4v) is 0. The maximum Gasteiger partial charge on any atom is 0.289 e. The number of hydrogen-bond donors (Lipinski definition) is 2. The molecule has 2 N–H and O–H groups in total. The Morgan fingerprint density at radius 1 is 1.43 bits per heavy atom. The molecule has 7 heavy (non-hydrogen) atoms. The van der Waals surface area contributed by atoms with Gasteiger partial charge < -0.3 is 5.11 Å². The van der Waals surface area contributed by atoms with Crippen LogP contribution in [0.3, 0.4) is 0 Å². The van der Waals surface area contributed by atoms with E-state index in [4.69, 9.17) is 9.66 Å². The third-order valence-corrected chi connectivity index (χ3v) is 0.489. The van der Waals surface area contributed by atoms with Crippen molar-refractivity contribution in [2.45, 2.75) is 0 Å². The van der Waals surface area contributed by atoms with Crippen LogP contribution in [-0.2, 0) is 10.1 Å². The van der Waals surface area contributed by atoms with E-state index in [-0.39, 0.29) is 18.9 Å². The maximum absolute atomic E-state index is 9.31. The Morgan fingerprint density at radius 2 is 1.57 bits per heavy atom. The van der Waals surface area contributed by atoms with Gasteiger partial charge in [-0.25, -0.2) is 0 Å². The molecule has 0 aromatic heterocycles. The summed E-state index contributed by atoms with van der Waals surface area (Å²) in [6, 6.07) is 0. The first-order valence-electron chi connectivity index (χ1n) is 1.12. The van der Waals surface area contributed by atoms with Crippen molar-refractivity contribution in [3.63, 3.8) is 0 Å². The monoisotopic (exact) mass is 119 g/mol. The molecule has 0 aromatic rings. The van der Waals surface area contributed by atoms with Gasteiger partial charge in [0.1, 0.15) is 0 Å². The van der Waals surface area contributed by atoms with E-state index in [1.165, 1.54) is 0 Å². The molecule has 0 spiro atoms. The molecule has 0 aliphatic heterocycles. The van der Waals surface area contributed by atoms with E-state index in [0.717, 1.165) is 0 Å². The van der Waals surface area contributed by atoms with Crippen molar-refractivity contribution in [1.29, 1.82) is 0 Å².